The lowest BCUT2D eigenvalue weighted by Crippen LogP contribution is -2.28. The lowest BCUT2D eigenvalue weighted by molar-refractivity contribution is 0.0601. The highest BCUT2D eigenvalue weighted by Crippen LogP contribution is 2.20. The summed E-state index contributed by atoms with van der Waals surface area (Å²) in [5.74, 6) is -0.174. The number of hydrogen-bond donors (Lipinski definition) is 1. The summed E-state index contributed by atoms with van der Waals surface area (Å²) in [7, 11) is 3.08. The van der Waals surface area contributed by atoms with Crippen LogP contribution in [0, 0.1) is 0 Å². The monoisotopic (exact) mass is 342 g/mol. The Bertz CT molecular complexity index is 731. The number of rotatable bonds is 7. The first kappa shape index (κ1) is 18.4. The Morgan fingerprint density at radius 2 is 1.96 bits per heavy atom. The first-order valence-corrected chi connectivity index (χ1v) is 8.08. The van der Waals surface area contributed by atoms with Gasteiger partial charge in [-0.05, 0) is 18.6 Å². The molecule has 0 fully saturated rings. The van der Waals surface area contributed by atoms with Gasteiger partial charge in [-0.15, -0.1) is 0 Å². The van der Waals surface area contributed by atoms with Crippen LogP contribution in [-0.4, -0.2) is 47.4 Å². The molecule has 0 aliphatic carbocycles. The topological polar surface area (TPSA) is 84.4 Å². The predicted octanol–water partition coefficient (Wildman–Crippen LogP) is 2.88. The number of nitrogens with zero attached hydrogens (tertiary/aromatic N) is 3. The number of para-hydroxylation sites is 1. The van der Waals surface area contributed by atoms with Crippen LogP contribution in [0.5, 0.6) is 0 Å². The molecule has 2 rings (SSSR count). The van der Waals surface area contributed by atoms with E-state index in [2.05, 4.69) is 22.2 Å². The molecule has 2 aromatic rings. The van der Waals surface area contributed by atoms with Crippen LogP contribution in [0.4, 0.5) is 11.5 Å². The Labute approximate surface area is 147 Å². The predicted molar refractivity (Wildman–Crippen MR) is 95.0 cm³/mol. The number of amides is 1. The molecule has 0 aliphatic rings. The van der Waals surface area contributed by atoms with Crippen molar-refractivity contribution in [3.8, 4) is 0 Å². The molecule has 7 nitrogen and oxygen atoms in total. The molecule has 0 unspecified atom stereocenters. The Morgan fingerprint density at radius 3 is 2.60 bits per heavy atom. The number of aromatic nitrogens is 2. The highest BCUT2D eigenvalue weighted by Gasteiger charge is 2.14. The highest BCUT2D eigenvalue weighted by atomic mass is 16.5. The molecule has 0 saturated carbocycles. The summed E-state index contributed by atoms with van der Waals surface area (Å²) < 4.78 is 4.76. The van der Waals surface area contributed by atoms with E-state index in [9.17, 15) is 9.59 Å². The summed E-state index contributed by atoms with van der Waals surface area (Å²) in [4.78, 5) is 34.0. The van der Waals surface area contributed by atoms with Crippen molar-refractivity contribution >= 4 is 23.4 Å². The molecular weight excluding hydrogens is 320 g/mol. The fourth-order valence-electron chi connectivity index (χ4n) is 2.21. The minimum atomic E-state index is -0.444. The van der Waals surface area contributed by atoms with Crippen molar-refractivity contribution in [2.24, 2.45) is 0 Å². The van der Waals surface area contributed by atoms with Gasteiger partial charge in [0, 0.05) is 13.6 Å². The summed E-state index contributed by atoms with van der Waals surface area (Å²) in [6, 6.07) is 6.94. The van der Waals surface area contributed by atoms with E-state index in [0.717, 1.165) is 12.8 Å². The van der Waals surface area contributed by atoms with Crippen molar-refractivity contribution in [1.82, 2.24) is 14.9 Å². The number of nitrogens with one attached hydrogen (secondary N) is 1. The van der Waals surface area contributed by atoms with E-state index < -0.39 is 5.97 Å². The van der Waals surface area contributed by atoms with Gasteiger partial charge in [-0.25, -0.2) is 14.8 Å². The number of carbonyl (C=O) groups is 2. The maximum absolute atomic E-state index is 12.2. The molecule has 0 spiro atoms. The maximum atomic E-state index is 12.2. The van der Waals surface area contributed by atoms with Crippen molar-refractivity contribution in [1.29, 1.82) is 0 Å². The van der Waals surface area contributed by atoms with E-state index in [4.69, 9.17) is 4.74 Å². The van der Waals surface area contributed by atoms with Crippen LogP contribution in [0.25, 0.3) is 0 Å². The van der Waals surface area contributed by atoms with Gasteiger partial charge in [-0.1, -0.05) is 25.5 Å². The lowest BCUT2D eigenvalue weighted by atomic mass is 10.2. The largest absolute Gasteiger partial charge is 0.465 e. The summed E-state index contributed by atoms with van der Waals surface area (Å²) >= 11 is 0. The number of unbranched alkanes of at least 4 members (excludes halogenated alkanes) is 1. The maximum Gasteiger partial charge on any atom is 0.339 e. The number of hydrogen-bond acceptors (Lipinski definition) is 6. The molecule has 1 N–H and O–H groups in total. The zero-order valence-electron chi connectivity index (χ0n) is 14.7. The minimum absolute atomic E-state index is 0.164. The number of methoxy groups -OCH3 is 1. The minimum Gasteiger partial charge on any atom is -0.465 e. The van der Waals surface area contributed by atoms with Crippen LogP contribution in [0.3, 0.4) is 0 Å². The van der Waals surface area contributed by atoms with Crippen LogP contribution < -0.4 is 5.32 Å². The second-order valence-electron chi connectivity index (χ2n) is 5.53. The van der Waals surface area contributed by atoms with E-state index in [-0.39, 0.29) is 11.6 Å². The molecule has 0 bridgehead atoms. The second-order valence-corrected chi connectivity index (χ2v) is 5.53. The van der Waals surface area contributed by atoms with Crippen LogP contribution in [0.2, 0.25) is 0 Å². The van der Waals surface area contributed by atoms with Gasteiger partial charge >= 0.3 is 5.97 Å². The molecule has 0 atom stereocenters. The molecule has 132 valence electrons. The average Bonchev–Trinajstić information content (AvgIpc) is 2.66. The summed E-state index contributed by atoms with van der Waals surface area (Å²) in [5, 5.41) is 3.02. The van der Waals surface area contributed by atoms with E-state index in [1.165, 1.54) is 19.5 Å². The number of ether oxygens (including phenoxy) is 1. The van der Waals surface area contributed by atoms with Crippen LogP contribution in [0.1, 0.15) is 40.6 Å². The Morgan fingerprint density at radius 1 is 1.20 bits per heavy atom. The zero-order chi connectivity index (χ0) is 18.2. The van der Waals surface area contributed by atoms with Crippen molar-refractivity contribution in [3.05, 3.63) is 47.9 Å². The highest BCUT2D eigenvalue weighted by molar-refractivity contribution is 5.96. The van der Waals surface area contributed by atoms with E-state index in [1.54, 1.807) is 36.2 Å². The Kier molecular flexibility index (Phi) is 6.45. The molecule has 0 aliphatic heterocycles. The number of anilines is 2. The second kappa shape index (κ2) is 8.77. The number of esters is 1. The van der Waals surface area contributed by atoms with Crippen LogP contribution in [0.15, 0.2) is 36.7 Å². The quantitative estimate of drug-likeness (QED) is 0.779. The standard InChI is InChI=1S/C18H22N4O3/c1-4-5-10-22(2)17(23)15-11-20-16(12-19-15)21-14-9-7-6-8-13(14)18(24)25-3/h6-9,11-12H,4-5,10H2,1-3H3,(H,20,21). The van der Waals surface area contributed by atoms with Crippen molar-refractivity contribution < 1.29 is 14.3 Å². The Balaban J connectivity index is 2.11. The summed E-state index contributed by atoms with van der Waals surface area (Å²) in [6.45, 7) is 2.76. The van der Waals surface area contributed by atoms with Gasteiger partial charge in [0.15, 0.2) is 0 Å². The third-order valence-corrected chi connectivity index (χ3v) is 3.66. The molecule has 1 aromatic heterocycles. The van der Waals surface area contributed by atoms with Gasteiger partial charge in [0.25, 0.3) is 5.91 Å². The van der Waals surface area contributed by atoms with Crippen LogP contribution in [-0.2, 0) is 4.74 Å². The number of benzene rings is 1. The fraction of sp³-hybridized carbons (Fsp3) is 0.333. The average molecular weight is 342 g/mol. The van der Waals surface area contributed by atoms with Gasteiger partial charge in [-0.2, -0.15) is 0 Å². The molecule has 1 amide bonds. The van der Waals surface area contributed by atoms with Gasteiger partial charge in [0.1, 0.15) is 11.5 Å². The van der Waals surface area contributed by atoms with E-state index in [0.29, 0.717) is 23.6 Å². The SMILES string of the molecule is CCCCN(C)C(=O)c1cnc(Nc2ccccc2C(=O)OC)cn1. The zero-order valence-corrected chi connectivity index (χ0v) is 14.7. The first-order valence-electron chi connectivity index (χ1n) is 8.08. The third-order valence-electron chi connectivity index (χ3n) is 3.66. The fourth-order valence-corrected chi connectivity index (χ4v) is 2.21. The lowest BCUT2D eigenvalue weighted by Gasteiger charge is -2.16. The molecule has 25 heavy (non-hydrogen) atoms. The molecule has 0 saturated heterocycles. The first-order chi connectivity index (χ1) is 12.1. The smallest absolute Gasteiger partial charge is 0.339 e. The third kappa shape index (κ3) is 4.76. The van der Waals surface area contributed by atoms with E-state index >= 15 is 0 Å². The summed E-state index contributed by atoms with van der Waals surface area (Å²) in [5.41, 5.74) is 1.24. The van der Waals surface area contributed by atoms with Gasteiger partial charge in [0.2, 0.25) is 0 Å². The normalized spacial score (nSPS) is 10.2. The molecule has 0 radical (unpaired) electrons. The van der Waals surface area contributed by atoms with Crippen molar-refractivity contribution in [2.45, 2.75) is 19.8 Å². The van der Waals surface area contributed by atoms with Crippen molar-refractivity contribution in [2.75, 3.05) is 26.0 Å². The summed E-state index contributed by atoms with van der Waals surface area (Å²) in [6.07, 6.45) is 4.86. The van der Waals surface area contributed by atoms with E-state index in [1.807, 2.05) is 0 Å². The van der Waals surface area contributed by atoms with Gasteiger partial charge in [-0.3, -0.25) is 4.79 Å². The molecule has 7 heteroatoms. The Hall–Kier alpha value is -2.96. The van der Waals surface area contributed by atoms with Gasteiger partial charge in [0.05, 0.1) is 30.8 Å². The van der Waals surface area contributed by atoms with Crippen molar-refractivity contribution in [3.63, 3.8) is 0 Å². The molecule has 1 heterocycles. The number of carbonyl (C=O) groups excluding carboxylic acids is 2. The van der Waals surface area contributed by atoms with Crippen LogP contribution >= 0.6 is 0 Å². The van der Waals surface area contributed by atoms with Gasteiger partial charge < -0.3 is 15.0 Å². The molecular formula is C18H22N4O3. The molecule has 1 aromatic carbocycles.